The maximum atomic E-state index is 13.8. The molecule has 1 amide bonds. The highest BCUT2D eigenvalue weighted by Gasteiger charge is 2.31. The van der Waals surface area contributed by atoms with Gasteiger partial charge in [-0.15, -0.1) is 11.3 Å². The second kappa shape index (κ2) is 13.9. The van der Waals surface area contributed by atoms with Crippen molar-refractivity contribution in [3.8, 4) is 11.3 Å². The van der Waals surface area contributed by atoms with Gasteiger partial charge in [0.05, 0.1) is 27.4 Å². The topological polar surface area (TPSA) is 135 Å². The van der Waals surface area contributed by atoms with Crippen molar-refractivity contribution in [3.05, 3.63) is 88.9 Å². The summed E-state index contributed by atoms with van der Waals surface area (Å²) in [4.78, 5) is 21.8. The molecule has 218 valence electrons. The quantitative estimate of drug-likeness (QED) is 0.227. The van der Waals surface area contributed by atoms with Crippen molar-refractivity contribution < 1.29 is 27.5 Å². The molecule has 2 heterocycles. The molecule has 0 radical (unpaired) electrons. The number of rotatable bonds is 13. The van der Waals surface area contributed by atoms with Gasteiger partial charge in [0.2, 0.25) is 10.0 Å². The number of ether oxygens (including phenoxy) is 1. The van der Waals surface area contributed by atoms with Crippen molar-refractivity contribution in [2.75, 3.05) is 13.1 Å². The number of carbonyl (C=O) groups excluding carboxylic acids is 1. The average molecular weight is 599 g/mol. The summed E-state index contributed by atoms with van der Waals surface area (Å²) >= 11 is 1.36. The first-order chi connectivity index (χ1) is 19.6. The van der Waals surface area contributed by atoms with Crippen molar-refractivity contribution in [1.82, 2.24) is 19.6 Å². The summed E-state index contributed by atoms with van der Waals surface area (Å²) in [6, 6.07) is 14.9. The molecule has 0 saturated carbocycles. The first-order valence-corrected chi connectivity index (χ1v) is 15.5. The first kappa shape index (κ1) is 30.4. The molecule has 0 aliphatic heterocycles. The molecule has 0 saturated heterocycles. The molecule has 0 fully saturated rings. The highest BCUT2D eigenvalue weighted by molar-refractivity contribution is 7.89. The number of aliphatic hydroxyl groups is 1. The number of nitrogens with zero attached hydrogens (tertiary/aromatic N) is 3. The van der Waals surface area contributed by atoms with Crippen LogP contribution in [0.2, 0.25) is 0 Å². The van der Waals surface area contributed by atoms with E-state index in [1.54, 1.807) is 30.8 Å². The Morgan fingerprint density at radius 3 is 2.46 bits per heavy atom. The van der Waals surface area contributed by atoms with Crippen LogP contribution in [0.25, 0.3) is 11.3 Å². The molecule has 2 aromatic heterocycles. The van der Waals surface area contributed by atoms with Crippen LogP contribution in [0.5, 0.6) is 0 Å². The summed E-state index contributed by atoms with van der Waals surface area (Å²) in [5.74, 6) is 0.499. The number of carbonyl (C=O) groups is 1. The molecule has 0 bridgehead atoms. The Labute approximate surface area is 244 Å². The van der Waals surface area contributed by atoms with E-state index in [9.17, 15) is 18.3 Å². The van der Waals surface area contributed by atoms with E-state index in [2.05, 4.69) is 15.3 Å². The van der Waals surface area contributed by atoms with E-state index in [1.165, 1.54) is 34.0 Å². The van der Waals surface area contributed by atoms with Gasteiger partial charge in [0, 0.05) is 31.8 Å². The van der Waals surface area contributed by atoms with Crippen LogP contribution < -0.4 is 5.32 Å². The third-order valence-electron chi connectivity index (χ3n) is 6.26. The minimum absolute atomic E-state index is 0.0146. The molecule has 12 heteroatoms. The van der Waals surface area contributed by atoms with Crippen LogP contribution >= 0.6 is 11.3 Å². The maximum absolute atomic E-state index is 13.8. The number of nitrogens with one attached hydrogen (secondary N) is 1. The Bertz CT molecular complexity index is 1490. The number of aliphatic hydroxyl groups excluding tert-OH is 1. The SMILES string of the molecule is Cc1nc(-c2ccc(S(=O)(=O)N(CC(C)C)C[C@@H](O)[C@H](Cc3ccccc3)NC(=O)OCc3cncs3)cc2)co1. The number of oxazole rings is 1. The van der Waals surface area contributed by atoms with Gasteiger partial charge in [0.15, 0.2) is 5.89 Å². The van der Waals surface area contributed by atoms with Crippen molar-refractivity contribution in [3.63, 3.8) is 0 Å². The third kappa shape index (κ3) is 8.46. The van der Waals surface area contributed by atoms with Crippen LogP contribution in [0.3, 0.4) is 0 Å². The van der Waals surface area contributed by atoms with E-state index in [4.69, 9.17) is 9.15 Å². The molecule has 0 spiro atoms. The Kier molecular flexibility index (Phi) is 10.3. The maximum Gasteiger partial charge on any atom is 0.407 e. The molecular weight excluding hydrogens is 564 g/mol. The van der Waals surface area contributed by atoms with Gasteiger partial charge in [0.1, 0.15) is 18.6 Å². The average Bonchev–Trinajstić information content (AvgIpc) is 3.63. The lowest BCUT2D eigenvalue weighted by molar-refractivity contribution is 0.0876. The van der Waals surface area contributed by atoms with Crippen LogP contribution in [0, 0.1) is 12.8 Å². The van der Waals surface area contributed by atoms with E-state index in [0.29, 0.717) is 11.6 Å². The highest BCUT2D eigenvalue weighted by atomic mass is 32.2. The van der Waals surface area contributed by atoms with E-state index < -0.39 is 28.3 Å². The lowest BCUT2D eigenvalue weighted by Gasteiger charge is -2.30. The zero-order valence-electron chi connectivity index (χ0n) is 23.1. The number of hydrogen-bond donors (Lipinski definition) is 2. The van der Waals surface area contributed by atoms with Gasteiger partial charge in [-0.05, 0) is 30.0 Å². The normalized spacial score (nSPS) is 13.3. The minimum Gasteiger partial charge on any atom is -0.449 e. The third-order valence-corrected chi connectivity index (χ3v) is 8.86. The van der Waals surface area contributed by atoms with E-state index >= 15 is 0 Å². The summed E-state index contributed by atoms with van der Waals surface area (Å²) in [6.07, 6.45) is 1.47. The van der Waals surface area contributed by atoms with Gasteiger partial charge in [-0.2, -0.15) is 4.31 Å². The molecular formula is C29H34N4O6S2. The van der Waals surface area contributed by atoms with Gasteiger partial charge in [0.25, 0.3) is 0 Å². The van der Waals surface area contributed by atoms with Crippen molar-refractivity contribution in [1.29, 1.82) is 0 Å². The van der Waals surface area contributed by atoms with E-state index in [0.717, 1.165) is 16.0 Å². The molecule has 2 N–H and O–H groups in total. The van der Waals surface area contributed by atoms with Crippen LogP contribution in [0.4, 0.5) is 4.79 Å². The number of benzene rings is 2. The van der Waals surface area contributed by atoms with Crippen molar-refractivity contribution in [2.24, 2.45) is 5.92 Å². The summed E-state index contributed by atoms with van der Waals surface area (Å²) in [6.45, 7) is 5.54. The lowest BCUT2D eigenvalue weighted by atomic mass is 10.0. The zero-order valence-corrected chi connectivity index (χ0v) is 24.8. The summed E-state index contributed by atoms with van der Waals surface area (Å²) in [5, 5.41) is 14.1. The number of hydrogen-bond acceptors (Lipinski definition) is 9. The van der Waals surface area contributed by atoms with Crippen LogP contribution in [0.1, 0.15) is 30.2 Å². The molecule has 2 aromatic carbocycles. The van der Waals surface area contributed by atoms with E-state index in [-0.39, 0.29) is 36.9 Å². The fourth-order valence-electron chi connectivity index (χ4n) is 4.25. The molecule has 10 nitrogen and oxygen atoms in total. The fraction of sp³-hybridized carbons (Fsp3) is 0.345. The molecule has 0 aliphatic rings. The number of aromatic nitrogens is 2. The Balaban J connectivity index is 1.52. The molecule has 2 atom stereocenters. The number of amides is 1. The van der Waals surface area contributed by atoms with Crippen molar-refractivity contribution in [2.45, 2.75) is 50.8 Å². The standard InChI is InChI=1S/C29H34N4O6S2/c1-20(2)15-33(41(36,37)25-11-9-23(10-12-25)27-18-38-21(3)31-27)16-28(34)26(13-22-7-5-4-6-8-22)32-29(35)39-17-24-14-30-19-40-24/h4-12,14,18-20,26,28,34H,13,15-17H2,1-3H3,(H,32,35)/t26-,28+/m0/s1. The van der Waals surface area contributed by atoms with Gasteiger partial charge in [-0.3, -0.25) is 4.98 Å². The fourth-order valence-corrected chi connectivity index (χ4v) is 6.38. The highest BCUT2D eigenvalue weighted by Crippen LogP contribution is 2.24. The molecule has 4 rings (SSSR count). The Morgan fingerprint density at radius 1 is 1.12 bits per heavy atom. The van der Waals surface area contributed by atoms with Crippen LogP contribution in [-0.4, -0.2) is 59.1 Å². The second-order valence-corrected chi connectivity index (χ2v) is 13.0. The molecule has 4 aromatic rings. The van der Waals surface area contributed by atoms with Crippen molar-refractivity contribution >= 4 is 27.5 Å². The predicted molar refractivity (Wildman–Crippen MR) is 156 cm³/mol. The Hall–Kier alpha value is -3.58. The number of alkyl carbamates (subject to hydrolysis) is 1. The van der Waals surface area contributed by atoms with Gasteiger partial charge >= 0.3 is 6.09 Å². The van der Waals surface area contributed by atoms with E-state index in [1.807, 2.05) is 44.2 Å². The monoisotopic (exact) mass is 598 g/mol. The Morgan fingerprint density at radius 2 is 1.85 bits per heavy atom. The smallest absolute Gasteiger partial charge is 0.407 e. The summed E-state index contributed by atoms with van der Waals surface area (Å²) in [5.41, 5.74) is 3.85. The minimum atomic E-state index is -3.98. The predicted octanol–water partition coefficient (Wildman–Crippen LogP) is 4.65. The first-order valence-electron chi connectivity index (χ1n) is 13.2. The number of aryl methyl sites for hydroxylation is 1. The molecule has 41 heavy (non-hydrogen) atoms. The largest absolute Gasteiger partial charge is 0.449 e. The lowest BCUT2D eigenvalue weighted by Crippen LogP contribution is -2.51. The number of sulfonamides is 1. The number of thiazole rings is 1. The van der Waals surface area contributed by atoms with Gasteiger partial charge in [-0.1, -0.05) is 56.3 Å². The second-order valence-electron chi connectivity index (χ2n) is 10.0. The summed E-state index contributed by atoms with van der Waals surface area (Å²) < 4.78 is 39.4. The molecule has 0 unspecified atom stereocenters. The van der Waals surface area contributed by atoms with Gasteiger partial charge in [-0.25, -0.2) is 18.2 Å². The van der Waals surface area contributed by atoms with Crippen LogP contribution in [0.15, 0.2) is 81.9 Å². The molecule has 0 aliphatic carbocycles. The van der Waals surface area contributed by atoms with Gasteiger partial charge < -0.3 is 19.6 Å². The summed E-state index contributed by atoms with van der Waals surface area (Å²) in [7, 11) is -3.98. The van der Waals surface area contributed by atoms with Crippen LogP contribution in [-0.2, 0) is 27.8 Å². The zero-order chi connectivity index (χ0) is 29.4.